The number of aromatic nitrogens is 4. The lowest BCUT2D eigenvalue weighted by Gasteiger charge is -2.35. The van der Waals surface area contributed by atoms with Crippen LogP contribution in [0.25, 0.3) is 11.0 Å². The Hall–Kier alpha value is -3.29. The molecule has 1 aromatic carbocycles. The molecule has 0 bridgehead atoms. The van der Waals surface area contributed by atoms with Crippen LogP contribution in [0, 0.1) is 0 Å². The quantitative estimate of drug-likeness (QED) is 0.678. The Kier molecular flexibility index (Phi) is 4.67. The van der Waals surface area contributed by atoms with Crippen LogP contribution >= 0.6 is 0 Å². The summed E-state index contributed by atoms with van der Waals surface area (Å²) >= 11 is 0. The molecule has 0 N–H and O–H groups in total. The molecule has 8 nitrogen and oxygen atoms in total. The molecule has 2 fully saturated rings. The maximum atomic E-state index is 12.9. The molecule has 0 unspecified atom stereocenters. The first kappa shape index (κ1) is 17.8. The number of hydrogen-bond acceptors (Lipinski definition) is 7. The van der Waals surface area contributed by atoms with Gasteiger partial charge >= 0.3 is 0 Å². The van der Waals surface area contributed by atoms with E-state index in [0.29, 0.717) is 18.7 Å². The molecule has 0 aliphatic carbocycles. The van der Waals surface area contributed by atoms with Gasteiger partial charge in [-0.1, -0.05) is 0 Å². The number of fused-ring (bicyclic) bond motifs is 1. The summed E-state index contributed by atoms with van der Waals surface area (Å²) in [4.78, 5) is 37.1. The van der Waals surface area contributed by atoms with Crippen molar-refractivity contribution >= 4 is 28.7 Å². The first-order valence-electron chi connectivity index (χ1n) is 10.1. The predicted molar refractivity (Wildman–Crippen MR) is 111 cm³/mol. The Bertz CT molecular complexity index is 1030. The van der Waals surface area contributed by atoms with Gasteiger partial charge in [0.05, 0.1) is 11.0 Å². The fourth-order valence-electron chi connectivity index (χ4n) is 4.00. The fraction of sp³-hybridized carbons (Fsp3) is 0.381. The van der Waals surface area contributed by atoms with Crippen LogP contribution in [0.4, 0.5) is 11.8 Å². The molecule has 0 spiro atoms. The van der Waals surface area contributed by atoms with Crippen molar-refractivity contribution < 1.29 is 4.79 Å². The third-order valence-corrected chi connectivity index (χ3v) is 5.62. The van der Waals surface area contributed by atoms with Crippen LogP contribution in [0.2, 0.25) is 0 Å². The summed E-state index contributed by atoms with van der Waals surface area (Å²) in [5.41, 5.74) is 2.20. The largest absolute Gasteiger partial charge is 0.353 e. The molecule has 5 rings (SSSR count). The van der Waals surface area contributed by atoms with Gasteiger partial charge in [0.1, 0.15) is 5.82 Å². The van der Waals surface area contributed by atoms with Crippen molar-refractivity contribution in [1.29, 1.82) is 0 Å². The van der Waals surface area contributed by atoms with Crippen LogP contribution in [0.15, 0.2) is 42.9 Å². The summed E-state index contributed by atoms with van der Waals surface area (Å²) in [7, 11) is 0. The van der Waals surface area contributed by atoms with Crippen LogP contribution in [-0.4, -0.2) is 70.0 Å². The normalized spacial score (nSPS) is 17.2. The second-order valence-electron chi connectivity index (χ2n) is 7.45. The molecule has 8 heteroatoms. The van der Waals surface area contributed by atoms with Gasteiger partial charge in [-0.05, 0) is 37.1 Å². The van der Waals surface area contributed by atoms with Crippen LogP contribution in [0.3, 0.4) is 0 Å². The molecular weight excluding hydrogens is 366 g/mol. The number of piperazine rings is 1. The topological polar surface area (TPSA) is 78.4 Å². The molecule has 3 aromatic rings. The Morgan fingerprint density at radius 3 is 2.31 bits per heavy atom. The van der Waals surface area contributed by atoms with E-state index in [1.54, 1.807) is 12.4 Å². The van der Waals surface area contributed by atoms with Crippen molar-refractivity contribution in [1.82, 2.24) is 24.8 Å². The summed E-state index contributed by atoms with van der Waals surface area (Å²) in [5.74, 6) is 1.79. The molecule has 2 aromatic heterocycles. The van der Waals surface area contributed by atoms with E-state index in [0.717, 1.165) is 49.0 Å². The first-order chi connectivity index (χ1) is 14.3. The monoisotopic (exact) mass is 389 g/mol. The average Bonchev–Trinajstić information content (AvgIpc) is 3.34. The van der Waals surface area contributed by atoms with Gasteiger partial charge in [-0.25, -0.2) is 4.98 Å². The number of amides is 1. The molecule has 2 aliphatic heterocycles. The van der Waals surface area contributed by atoms with E-state index in [9.17, 15) is 4.79 Å². The second kappa shape index (κ2) is 7.62. The highest BCUT2D eigenvalue weighted by molar-refractivity contribution is 5.97. The lowest BCUT2D eigenvalue weighted by atomic mass is 10.1. The van der Waals surface area contributed by atoms with Gasteiger partial charge in [-0.15, -0.1) is 0 Å². The summed E-state index contributed by atoms with van der Waals surface area (Å²) in [6.07, 6.45) is 7.55. The van der Waals surface area contributed by atoms with Crippen molar-refractivity contribution in [2.75, 3.05) is 49.1 Å². The van der Waals surface area contributed by atoms with Crippen LogP contribution < -0.4 is 9.80 Å². The molecule has 0 radical (unpaired) electrons. The number of carbonyl (C=O) groups is 1. The highest BCUT2D eigenvalue weighted by atomic mass is 16.2. The number of carbonyl (C=O) groups excluding carboxylic acids is 1. The molecule has 148 valence electrons. The van der Waals surface area contributed by atoms with Crippen molar-refractivity contribution in [2.24, 2.45) is 0 Å². The highest BCUT2D eigenvalue weighted by Gasteiger charge is 2.24. The molecule has 4 heterocycles. The number of hydrogen-bond donors (Lipinski definition) is 0. The van der Waals surface area contributed by atoms with Gasteiger partial charge in [0.2, 0.25) is 5.95 Å². The summed E-state index contributed by atoms with van der Waals surface area (Å²) in [6.45, 7) is 4.91. The third kappa shape index (κ3) is 3.57. The van der Waals surface area contributed by atoms with Gasteiger partial charge in [0.15, 0.2) is 0 Å². The van der Waals surface area contributed by atoms with E-state index >= 15 is 0 Å². The first-order valence-corrected chi connectivity index (χ1v) is 10.1. The average molecular weight is 389 g/mol. The minimum Gasteiger partial charge on any atom is -0.353 e. The molecule has 29 heavy (non-hydrogen) atoms. The van der Waals surface area contributed by atoms with Crippen molar-refractivity contribution in [3.05, 3.63) is 48.4 Å². The van der Waals surface area contributed by atoms with Crippen molar-refractivity contribution in [3.8, 4) is 0 Å². The van der Waals surface area contributed by atoms with Gasteiger partial charge in [0, 0.05) is 63.4 Å². The maximum Gasteiger partial charge on any atom is 0.254 e. The van der Waals surface area contributed by atoms with Gasteiger partial charge < -0.3 is 14.7 Å². The fourth-order valence-corrected chi connectivity index (χ4v) is 4.00. The van der Waals surface area contributed by atoms with Crippen LogP contribution in [-0.2, 0) is 0 Å². The van der Waals surface area contributed by atoms with Gasteiger partial charge in [-0.2, -0.15) is 4.98 Å². The molecule has 0 saturated carbocycles. The summed E-state index contributed by atoms with van der Waals surface area (Å²) < 4.78 is 0. The lowest BCUT2D eigenvalue weighted by Crippen LogP contribution is -2.49. The molecular formula is C21H23N7O. The zero-order valence-corrected chi connectivity index (χ0v) is 16.2. The Balaban J connectivity index is 1.26. The molecule has 1 amide bonds. The SMILES string of the molecule is O=C(c1ccc2nccnc2c1)N1CCN(c2ccnc(N3CCCC3)n2)CC1. The minimum absolute atomic E-state index is 0.0395. The predicted octanol–water partition coefficient (Wildman–Crippen LogP) is 1.98. The van der Waals surface area contributed by atoms with Crippen LogP contribution in [0.1, 0.15) is 23.2 Å². The van der Waals surface area contributed by atoms with E-state index in [1.165, 1.54) is 12.8 Å². The Morgan fingerprint density at radius 2 is 1.52 bits per heavy atom. The smallest absolute Gasteiger partial charge is 0.254 e. The zero-order valence-electron chi connectivity index (χ0n) is 16.2. The number of rotatable bonds is 3. The van der Waals surface area contributed by atoms with Gasteiger partial charge in [0.25, 0.3) is 5.91 Å². The maximum absolute atomic E-state index is 12.9. The Morgan fingerprint density at radius 1 is 0.759 bits per heavy atom. The second-order valence-corrected chi connectivity index (χ2v) is 7.45. The van der Waals surface area contributed by atoms with Crippen molar-refractivity contribution in [2.45, 2.75) is 12.8 Å². The van der Waals surface area contributed by atoms with Crippen molar-refractivity contribution in [3.63, 3.8) is 0 Å². The van der Waals surface area contributed by atoms with E-state index in [2.05, 4.69) is 24.8 Å². The number of benzene rings is 1. The lowest BCUT2D eigenvalue weighted by molar-refractivity contribution is 0.0746. The van der Waals surface area contributed by atoms with E-state index in [1.807, 2.05) is 35.4 Å². The Labute approximate surface area is 169 Å². The van der Waals surface area contributed by atoms with Crippen LogP contribution in [0.5, 0.6) is 0 Å². The zero-order chi connectivity index (χ0) is 19.6. The minimum atomic E-state index is 0.0395. The van der Waals surface area contributed by atoms with E-state index in [4.69, 9.17) is 4.98 Å². The molecule has 2 aliphatic rings. The molecule has 0 atom stereocenters. The third-order valence-electron chi connectivity index (χ3n) is 5.62. The van der Waals surface area contributed by atoms with Gasteiger partial charge in [-0.3, -0.25) is 14.8 Å². The standard InChI is InChI=1S/C21H23N7O/c29-20(16-3-4-17-18(15-16)23-8-7-22-17)27-13-11-26(12-14-27)19-5-6-24-21(25-19)28-9-1-2-10-28/h3-8,15H,1-2,9-14H2. The molecule has 2 saturated heterocycles. The van der Waals surface area contributed by atoms with E-state index < -0.39 is 0 Å². The highest BCUT2D eigenvalue weighted by Crippen LogP contribution is 2.21. The number of nitrogens with zero attached hydrogens (tertiary/aromatic N) is 7. The van der Waals surface area contributed by atoms with E-state index in [-0.39, 0.29) is 5.91 Å². The summed E-state index contributed by atoms with van der Waals surface area (Å²) in [6, 6.07) is 7.47. The summed E-state index contributed by atoms with van der Waals surface area (Å²) in [5, 5.41) is 0. The number of anilines is 2.